The van der Waals surface area contributed by atoms with Gasteiger partial charge in [-0.1, -0.05) is 35.6 Å². The second-order valence-electron chi connectivity index (χ2n) is 8.42. The number of rotatable bonds is 6. The summed E-state index contributed by atoms with van der Waals surface area (Å²) in [6.07, 6.45) is 3.36. The number of fused-ring (bicyclic) bond motifs is 1. The van der Waals surface area contributed by atoms with E-state index < -0.39 is 15.9 Å². The fourth-order valence-electron chi connectivity index (χ4n) is 4.29. The van der Waals surface area contributed by atoms with Crippen LogP contribution in [0, 0.1) is 19.8 Å². The lowest BCUT2D eigenvalue weighted by molar-refractivity contribution is -0.122. The van der Waals surface area contributed by atoms with E-state index in [0.717, 1.165) is 22.5 Å². The molecular weight excluding hydrogens is 474 g/mol. The van der Waals surface area contributed by atoms with E-state index in [0.29, 0.717) is 24.2 Å². The SMILES string of the molecule is CSCCn1c(=NC(=O)C2CCCN(S(=O)(=O)c3ccccc3)C2)sc2c(C)cc(C)cc21. The van der Waals surface area contributed by atoms with E-state index in [1.54, 1.807) is 42.1 Å². The van der Waals surface area contributed by atoms with Gasteiger partial charge in [-0.25, -0.2) is 8.42 Å². The average molecular weight is 504 g/mol. The summed E-state index contributed by atoms with van der Waals surface area (Å²) in [5, 5.41) is 0. The van der Waals surface area contributed by atoms with Gasteiger partial charge in [0, 0.05) is 25.4 Å². The molecular formula is C24H29N3O3S3. The highest BCUT2D eigenvalue weighted by molar-refractivity contribution is 7.98. The third-order valence-electron chi connectivity index (χ3n) is 5.95. The summed E-state index contributed by atoms with van der Waals surface area (Å²) in [4.78, 5) is 18.7. The molecule has 2 heterocycles. The van der Waals surface area contributed by atoms with Crippen molar-refractivity contribution in [2.45, 2.75) is 38.1 Å². The van der Waals surface area contributed by atoms with E-state index in [2.05, 4.69) is 41.8 Å². The number of aromatic nitrogens is 1. The number of carbonyl (C=O) groups excluding carboxylic acids is 1. The molecule has 3 aromatic rings. The predicted molar refractivity (Wildman–Crippen MR) is 136 cm³/mol. The van der Waals surface area contributed by atoms with Gasteiger partial charge in [-0.05, 0) is 62.3 Å². The smallest absolute Gasteiger partial charge is 0.252 e. The van der Waals surface area contributed by atoms with Gasteiger partial charge >= 0.3 is 0 Å². The molecule has 1 aliphatic heterocycles. The van der Waals surface area contributed by atoms with Crippen molar-refractivity contribution in [3.8, 4) is 0 Å². The molecule has 1 fully saturated rings. The van der Waals surface area contributed by atoms with Crippen molar-refractivity contribution in [2.24, 2.45) is 10.9 Å². The number of sulfonamides is 1. The van der Waals surface area contributed by atoms with Gasteiger partial charge in [0.1, 0.15) is 0 Å². The predicted octanol–water partition coefficient (Wildman–Crippen LogP) is 4.21. The maximum absolute atomic E-state index is 13.2. The Hall–Kier alpha value is -1.94. The van der Waals surface area contributed by atoms with Crippen LogP contribution in [0.4, 0.5) is 0 Å². The number of aryl methyl sites for hydroxylation is 3. The fourth-order valence-corrected chi connectivity index (χ4v) is 7.31. The van der Waals surface area contributed by atoms with Crippen LogP contribution in [0.1, 0.15) is 24.0 Å². The van der Waals surface area contributed by atoms with Crippen LogP contribution in [0.15, 0.2) is 52.4 Å². The molecule has 0 spiro atoms. The quantitative estimate of drug-likeness (QED) is 0.505. The second-order valence-corrected chi connectivity index (χ2v) is 12.3. The molecule has 1 aromatic heterocycles. The average Bonchev–Trinajstić information content (AvgIpc) is 3.15. The summed E-state index contributed by atoms with van der Waals surface area (Å²) in [7, 11) is -3.62. The van der Waals surface area contributed by atoms with Crippen LogP contribution in [-0.2, 0) is 21.4 Å². The van der Waals surface area contributed by atoms with Crippen molar-refractivity contribution in [1.82, 2.24) is 8.87 Å². The second kappa shape index (κ2) is 10.1. The molecule has 1 saturated heterocycles. The van der Waals surface area contributed by atoms with Crippen molar-refractivity contribution in [2.75, 3.05) is 25.1 Å². The molecule has 0 aliphatic carbocycles. The van der Waals surface area contributed by atoms with Gasteiger partial charge in [-0.15, -0.1) is 0 Å². The minimum Gasteiger partial charge on any atom is -0.315 e. The maximum Gasteiger partial charge on any atom is 0.252 e. The summed E-state index contributed by atoms with van der Waals surface area (Å²) < 4.78 is 30.8. The van der Waals surface area contributed by atoms with E-state index in [1.165, 1.54) is 26.8 Å². The van der Waals surface area contributed by atoms with E-state index in [4.69, 9.17) is 0 Å². The Labute approximate surface area is 203 Å². The van der Waals surface area contributed by atoms with Crippen molar-refractivity contribution < 1.29 is 13.2 Å². The molecule has 176 valence electrons. The van der Waals surface area contributed by atoms with Crippen LogP contribution in [0.25, 0.3) is 10.2 Å². The van der Waals surface area contributed by atoms with Crippen molar-refractivity contribution in [3.05, 3.63) is 58.4 Å². The lowest BCUT2D eigenvalue weighted by atomic mass is 9.99. The first kappa shape index (κ1) is 24.2. The van der Waals surface area contributed by atoms with Gasteiger partial charge in [0.25, 0.3) is 5.91 Å². The van der Waals surface area contributed by atoms with E-state index in [-0.39, 0.29) is 17.3 Å². The zero-order valence-corrected chi connectivity index (χ0v) is 21.6. The molecule has 4 rings (SSSR count). The summed E-state index contributed by atoms with van der Waals surface area (Å²) >= 11 is 3.30. The normalized spacial score (nSPS) is 18.2. The minimum absolute atomic E-state index is 0.174. The minimum atomic E-state index is -3.62. The molecule has 0 radical (unpaired) electrons. The van der Waals surface area contributed by atoms with Gasteiger partial charge in [-0.2, -0.15) is 21.1 Å². The molecule has 1 aliphatic rings. The molecule has 0 saturated carbocycles. The van der Waals surface area contributed by atoms with E-state index in [1.807, 2.05) is 0 Å². The van der Waals surface area contributed by atoms with Gasteiger partial charge in [0.05, 0.1) is 21.0 Å². The number of amides is 1. The zero-order chi connectivity index (χ0) is 23.6. The lowest BCUT2D eigenvalue weighted by Gasteiger charge is -2.30. The third-order valence-corrected chi connectivity index (χ3v) is 9.65. The first-order valence-corrected chi connectivity index (χ1v) is 14.7. The Morgan fingerprint density at radius 1 is 1.21 bits per heavy atom. The maximum atomic E-state index is 13.2. The Morgan fingerprint density at radius 3 is 2.70 bits per heavy atom. The van der Waals surface area contributed by atoms with Crippen molar-refractivity contribution in [1.29, 1.82) is 0 Å². The Morgan fingerprint density at radius 2 is 1.97 bits per heavy atom. The van der Waals surface area contributed by atoms with Crippen LogP contribution < -0.4 is 4.80 Å². The number of thioether (sulfide) groups is 1. The highest BCUT2D eigenvalue weighted by Crippen LogP contribution is 2.26. The Bertz CT molecular complexity index is 1330. The number of thiazole rings is 1. The number of nitrogens with zero attached hydrogens (tertiary/aromatic N) is 3. The molecule has 1 amide bonds. The summed E-state index contributed by atoms with van der Waals surface area (Å²) in [5.74, 6) is 0.258. The van der Waals surface area contributed by atoms with Gasteiger partial charge in [-0.3, -0.25) is 4.79 Å². The molecule has 1 unspecified atom stereocenters. The highest BCUT2D eigenvalue weighted by atomic mass is 32.2. The van der Waals surface area contributed by atoms with Gasteiger partial charge in [0.2, 0.25) is 10.0 Å². The standard InChI is InChI=1S/C24H29N3O3S3/c1-17-14-18(2)22-21(15-17)27(12-13-31-3)24(32-22)25-23(28)19-8-7-11-26(16-19)33(29,30)20-9-5-4-6-10-20/h4-6,9-10,14-15,19H,7-8,11-13,16H2,1-3H3. The lowest BCUT2D eigenvalue weighted by Crippen LogP contribution is -2.42. The number of hydrogen-bond acceptors (Lipinski definition) is 5. The van der Waals surface area contributed by atoms with E-state index >= 15 is 0 Å². The molecule has 0 bridgehead atoms. The molecule has 33 heavy (non-hydrogen) atoms. The number of piperidine rings is 1. The van der Waals surface area contributed by atoms with E-state index in [9.17, 15) is 13.2 Å². The van der Waals surface area contributed by atoms with Crippen LogP contribution in [0.3, 0.4) is 0 Å². The van der Waals surface area contributed by atoms with Crippen LogP contribution >= 0.6 is 23.1 Å². The largest absolute Gasteiger partial charge is 0.315 e. The third kappa shape index (κ3) is 5.11. The molecule has 1 atom stereocenters. The first-order valence-electron chi connectivity index (χ1n) is 11.0. The summed E-state index contributed by atoms with van der Waals surface area (Å²) in [6, 6.07) is 12.7. The number of carbonyl (C=O) groups is 1. The Balaban J connectivity index is 1.66. The monoisotopic (exact) mass is 503 g/mol. The molecule has 9 heteroatoms. The van der Waals surface area contributed by atoms with Gasteiger partial charge < -0.3 is 4.57 Å². The van der Waals surface area contributed by atoms with Crippen LogP contribution in [-0.4, -0.2) is 48.3 Å². The first-order chi connectivity index (χ1) is 15.8. The topological polar surface area (TPSA) is 71.7 Å². The number of hydrogen-bond donors (Lipinski definition) is 0. The molecule has 0 N–H and O–H groups in total. The number of benzene rings is 2. The molecule has 6 nitrogen and oxygen atoms in total. The summed E-state index contributed by atoms with van der Waals surface area (Å²) in [5.41, 5.74) is 3.47. The van der Waals surface area contributed by atoms with Crippen LogP contribution in [0.5, 0.6) is 0 Å². The highest BCUT2D eigenvalue weighted by Gasteiger charge is 2.33. The Kier molecular flexibility index (Phi) is 7.43. The van der Waals surface area contributed by atoms with Crippen LogP contribution in [0.2, 0.25) is 0 Å². The zero-order valence-electron chi connectivity index (χ0n) is 19.2. The fraction of sp³-hybridized carbons (Fsp3) is 0.417. The summed E-state index contributed by atoms with van der Waals surface area (Å²) in [6.45, 7) is 5.54. The van der Waals surface area contributed by atoms with Crippen molar-refractivity contribution in [3.63, 3.8) is 0 Å². The van der Waals surface area contributed by atoms with Crippen molar-refractivity contribution >= 4 is 49.2 Å². The molecule has 2 aromatic carbocycles. The van der Waals surface area contributed by atoms with Gasteiger partial charge in [0.15, 0.2) is 4.80 Å².